The van der Waals surface area contributed by atoms with E-state index in [0.717, 1.165) is 6.07 Å². The van der Waals surface area contributed by atoms with Gasteiger partial charge in [0.1, 0.15) is 3.70 Å². The predicted molar refractivity (Wildman–Crippen MR) is 59.7 cm³/mol. The van der Waals surface area contributed by atoms with Gasteiger partial charge >= 0.3 is 6.36 Å². The zero-order valence-electron chi connectivity index (χ0n) is 7.94. The molecule has 0 unspecified atom stereocenters. The Morgan fingerprint density at radius 1 is 1.50 bits per heavy atom. The first-order chi connectivity index (χ1) is 7.37. The lowest BCUT2D eigenvalue weighted by molar-refractivity contribution is -0.275. The first-order valence-electron chi connectivity index (χ1n) is 3.92. The van der Waals surface area contributed by atoms with Crippen molar-refractivity contribution in [2.24, 2.45) is 0 Å². The van der Waals surface area contributed by atoms with Gasteiger partial charge in [-0.15, -0.1) is 24.8 Å². The second-order valence-corrected chi connectivity index (χ2v) is 3.92. The fraction of sp³-hybridized carbons (Fsp3) is 0.375. The van der Waals surface area contributed by atoms with E-state index in [9.17, 15) is 13.2 Å². The van der Waals surface area contributed by atoms with Crippen LogP contribution in [0.25, 0.3) is 0 Å². The van der Waals surface area contributed by atoms with Crippen molar-refractivity contribution in [2.45, 2.75) is 12.2 Å². The van der Waals surface area contributed by atoms with E-state index < -0.39 is 12.1 Å². The van der Waals surface area contributed by atoms with Crippen LogP contribution in [0.3, 0.4) is 0 Å². The van der Waals surface area contributed by atoms with E-state index in [1.165, 1.54) is 7.11 Å². The first kappa shape index (κ1) is 13.6. The van der Waals surface area contributed by atoms with Crippen molar-refractivity contribution in [3.8, 4) is 11.6 Å². The van der Waals surface area contributed by atoms with Crippen molar-refractivity contribution in [3.05, 3.63) is 15.3 Å². The van der Waals surface area contributed by atoms with Gasteiger partial charge in [-0.05, 0) is 28.7 Å². The van der Waals surface area contributed by atoms with Crippen molar-refractivity contribution in [1.29, 1.82) is 0 Å². The van der Waals surface area contributed by atoms with Crippen LogP contribution in [-0.4, -0.2) is 18.5 Å². The average molecular weight is 367 g/mol. The van der Waals surface area contributed by atoms with Gasteiger partial charge in [-0.2, -0.15) is 0 Å². The summed E-state index contributed by atoms with van der Waals surface area (Å²) < 4.78 is 45.1. The number of halogens is 5. The molecule has 1 rings (SSSR count). The molecule has 0 bridgehead atoms. The Hall–Kier alpha value is -0.440. The molecule has 0 atom stereocenters. The van der Waals surface area contributed by atoms with Crippen LogP contribution in [0.4, 0.5) is 13.2 Å². The lowest BCUT2D eigenvalue weighted by Gasteiger charge is -2.13. The molecule has 1 aromatic heterocycles. The standard InChI is InChI=1S/C8H6ClF3INO2/c1-15-7-5(16-8(10,11)12)2-4(3-9)6(13)14-7/h2H,3H2,1H3. The van der Waals surface area contributed by atoms with Crippen molar-refractivity contribution < 1.29 is 22.6 Å². The molecule has 0 radical (unpaired) electrons. The monoisotopic (exact) mass is 367 g/mol. The molecule has 0 N–H and O–H groups in total. The van der Waals surface area contributed by atoms with Gasteiger partial charge in [0.15, 0.2) is 5.75 Å². The minimum absolute atomic E-state index is 0.0451. The Morgan fingerprint density at radius 3 is 2.56 bits per heavy atom. The molecule has 0 saturated heterocycles. The average Bonchev–Trinajstić information content (AvgIpc) is 2.18. The van der Waals surface area contributed by atoms with Gasteiger partial charge in [-0.1, -0.05) is 0 Å². The summed E-state index contributed by atoms with van der Waals surface area (Å²) in [5.41, 5.74) is 0.447. The maximum Gasteiger partial charge on any atom is 0.573 e. The topological polar surface area (TPSA) is 31.4 Å². The van der Waals surface area contributed by atoms with Gasteiger partial charge in [0, 0.05) is 5.56 Å². The third-order valence-corrected chi connectivity index (χ3v) is 2.77. The molecule has 0 fully saturated rings. The van der Waals surface area contributed by atoms with Crippen LogP contribution in [0.15, 0.2) is 6.07 Å². The SMILES string of the molecule is COc1nc(I)c(CCl)cc1OC(F)(F)F. The van der Waals surface area contributed by atoms with E-state index in [1.807, 2.05) is 22.6 Å². The molecule has 16 heavy (non-hydrogen) atoms. The number of methoxy groups -OCH3 is 1. The van der Waals surface area contributed by atoms with E-state index in [2.05, 4.69) is 14.5 Å². The molecule has 0 aromatic carbocycles. The fourth-order valence-electron chi connectivity index (χ4n) is 0.933. The minimum Gasteiger partial charge on any atom is -0.478 e. The maximum atomic E-state index is 12.1. The first-order valence-corrected chi connectivity index (χ1v) is 5.54. The van der Waals surface area contributed by atoms with E-state index in [1.54, 1.807) is 0 Å². The Balaban J connectivity index is 3.15. The number of hydrogen-bond donors (Lipinski definition) is 0. The summed E-state index contributed by atoms with van der Waals surface area (Å²) in [6.07, 6.45) is -4.79. The molecule has 0 spiro atoms. The van der Waals surface area contributed by atoms with Crippen LogP contribution >= 0.6 is 34.2 Å². The zero-order chi connectivity index (χ0) is 12.3. The van der Waals surface area contributed by atoms with Gasteiger partial charge in [-0.25, -0.2) is 4.98 Å². The number of alkyl halides is 4. The Labute approximate surface area is 108 Å². The largest absolute Gasteiger partial charge is 0.573 e. The molecule has 0 aliphatic carbocycles. The van der Waals surface area contributed by atoms with E-state index >= 15 is 0 Å². The fourth-order valence-corrected chi connectivity index (χ4v) is 1.93. The summed E-state index contributed by atoms with van der Waals surface area (Å²) in [5.74, 6) is -0.676. The molecule has 0 saturated carbocycles. The van der Waals surface area contributed by atoms with Crippen LogP contribution in [0, 0.1) is 3.70 Å². The summed E-state index contributed by atoms with van der Waals surface area (Å²) in [4.78, 5) is 3.80. The quantitative estimate of drug-likeness (QED) is 0.467. The molecular formula is C8H6ClF3INO2. The Morgan fingerprint density at radius 2 is 2.12 bits per heavy atom. The highest BCUT2D eigenvalue weighted by Crippen LogP contribution is 2.33. The Bertz CT molecular complexity index is 386. The van der Waals surface area contributed by atoms with Crippen molar-refractivity contribution >= 4 is 34.2 Å². The number of rotatable bonds is 3. The summed E-state index contributed by atoms with van der Waals surface area (Å²) >= 11 is 7.40. The number of pyridine rings is 1. The molecule has 90 valence electrons. The highest BCUT2D eigenvalue weighted by molar-refractivity contribution is 14.1. The van der Waals surface area contributed by atoms with Crippen molar-refractivity contribution in [2.75, 3.05) is 7.11 Å². The lowest BCUT2D eigenvalue weighted by Crippen LogP contribution is -2.18. The van der Waals surface area contributed by atoms with E-state index in [0.29, 0.717) is 9.26 Å². The van der Waals surface area contributed by atoms with Crippen molar-refractivity contribution in [1.82, 2.24) is 4.98 Å². The van der Waals surface area contributed by atoms with E-state index in [-0.39, 0.29) is 11.8 Å². The van der Waals surface area contributed by atoms with Gasteiger partial charge in [-0.3, -0.25) is 0 Å². The minimum atomic E-state index is -4.79. The van der Waals surface area contributed by atoms with Crippen LogP contribution < -0.4 is 9.47 Å². The highest BCUT2D eigenvalue weighted by atomic mass is 127. The number of hydrogen-bond acceptors (Lipinski definition) is 3. The van der Waals surface area contributed by atoms with Crippen LogP contribution in [-0.2, 0) is 5.88 Å². The number of nitrogens with zero attached hydrogens (tertiary/aromatic N) is 1. The predicted octanol–water partition coefficient (Wildman–Crippen LogP) is 3.33. The van der Waals surface area contributed by atoms with Gasteiger partial charge in [0.2, 0.25) is 0 Å². The third kappa shape index (κ3) is 3.55. The van der Waals surface area contributed by atoms with Crippen molar-refractivity contribution in [3.63, 3.8) is 0 Å². The molecule has 0 aliphatic heterocycles. The summed E-state index contributed by atoms with van der Waals surface area (Å²) in [6, 6.07) is 1.16. The van der Waals surface area contributed by atoms with E-state index in [4.69, 9.17) is 11.6 Å². The third-order valence-electron chi connectivity index (χ3n) is 1.54. The molecule has 1 heterocycles. The molecule has 0 aliphatic rings. The molecule has 3 nitrogen and oxygen atoms in total. The summed E-state index contributed by atoms with van der Waals surface area (Å²) in [7, 11) is 1.21. The Kier molecular flexibility index (Phi) is 4.48. The molecule has 0 amide bonds. The molecule has 8 heteroatoms. The zero-order valence-corrected chi connectivity index (χ0v) is 10.9. The van der Waals surface area contributed by atoms with Gasteiger partial charge < -0.3 is 9.47 Å². The highest BCUT2D eigenvalue weighted by Gasteiger charge is 2.33. The number of ether oxygens (including phenoxy) is 2. The second kappa shape index (κ2) is 5.26. The smallest absolute Gasteiger partial charge is 0.478 e. The second-order valence-electron chi connectivity index (χ2n) is 2.63. The molecular weight excluding hydrogens is 361 g/mol. The van der Waals surface area contributed by atoms with Gasteiger partial charge in [0.05, 0.1) is 13.0 Å². The van der Waals surface area contributed by atoms with Crippen LogP contribution in [0.2, 0.25) is 0 Å². The van der Waals surface area contributed by atoms with Gasteiger partial charge in [0.25, 0.3) is 5.88 Å². The lowest BCUT2D eigenvalue weighted by atomic mass is 10.3. The molecule has 1 aromatic rings. The number of aromatic nitrogens is 1. The normalized spacial score (nSPS) is 11.4. The van der Waals surface area contributed by atoms with Crippen LogP contribution in [0.5, 0.6) is 11.6 Å². The summed E-state index contributed by atoms with van der Waals surface area (Å²) in [6.45, 7) is 0. The summed E-state index contributed by atoms with van der Waals surface area (Å²) in [5, 5.41) is 0. The van der Waals surface area contributed by atoms with Crippen LogP contribution in [0.1, 0.15) is 5.56 Å². The maximum absolute atomic E-state index is 12.1.